The van der Waals surface area contributed by atoms with Gasteiger partial charge in [0.2, 0.25) is 5.91 Å². The lowest BCUT2D eigenvalue weighted by Gasteiger charge is -2.31. The third-order valence-electron chi connectivity index (χ3n) is 2.93. The Morgan fingerprint density at radius 3 is 2.84 bits per heavy atom. The maximum Gasteiger partial charge on any atom is 0.274 e. The quantitative estimate of drug-likeness (QED) is 0.782. The summed E-state index contributed by atoms with van der Waals surface area (Å²) in [6, 6.07) is 1.38. The van der Waals surface area contributed by atoms with Crippen LogP contribution < -0.4 is 0 Å². The van der Waals surface area contributed by atoms with Crippen LogP contribution in [0.5, 0.6) is 0 Å². The fourth-order valence-electron chi connectivity index (χ4n) is 1.81. The Hall–Kier alpha value is -1.99. The van der Waals surface area contributed by atoms with Crippen LogP contribution in [0.15, 0.2) is 12.3 Å². The Balaban J connectivity index is 2.03. The van der Waals surface area contributed by atoms with Crippen molar-refractivity contribution in [2.75, 3.05) is 26.7 Å². The Labute approximate surface area is 108 Å². The van der Waals surface area contributed by atoms with Crippen molar-refractivity contribution >= 4 is 11.8 Å². The lowest BCUT2D eigenvalue weighted by Crippen LogP contribution is -2.50. The molecule has 0 radical (unpaired) electrons. The molecule has 0 spiro atoms. The van der Waals surface area contributed by atoms with Crippen molar-refractivity contribution in [1.29, 1.82) is 0 Å². The zero-order valence-corrected chi connectivity index (χ0v) is 10.4. The Morgan fingerprint density at radius 2 is 2.21 bits per heavy atom. The summed E-state index contributed by atoms with van der Waals surface area (Å²) in [6.07, 6.45) is -1.19. The van der Waals surface area contributed by atoms with E-state index in [1.165, 1.54) is 17.2 Å². The number of nitrogens with zero attached hydrogens (tertiary/aromatic N) is 4. The average Bonchev–Trinajstić information content (AvgIpc) is 2.79. The fourth-order valence-corrected chi connectivity index (χ4v) is 1.81. The second kappa shape index (κ2) is 5.33. The highest BCUT2D eigenvalue weighted by Gasteiger charge is 2.26. The summed E-state index contributed by atoms with van der Waals surface area (Å²) in [4.78, 5) is 26.5. The maximum atomic E-state index is 12.2. The van der Waals surface area contributed by atoms with Gasteiger partial charge >= 0.3 is 0 Å². The van der Waals surface area contributed by atoms with Gasteiger partial charge < -0.3 is 9.80 Å². The molecular formula is C11H14F2N4O2. The van der Waals surface area contributed by atoms with Gasteiger partial charge in [0.25, 0.3) is 12.3 Å². The van der Waals surface area contributed by atoms with Crippen molar-refractivity contribution < 1.29 is 18.4 Å². The van der Waals surface area contributed by atoms with Crippen LogP contribution in [0.25, 0.3) is 0 Å². The predicted octanol–water partition coefficient (Wildman–Crippen LogP) is 0.0624. The Kier molecular flexibility index (Phi) is 3.77. The monoisotopic (exact) mass is 272 g/mol. The standard InChI is InChI=1S/C11H14F2N4O2/c1-15-4-5-16(7-10(15)18)11(19)8-2-3-17(14-8)6-9(12)13/h2-3,9H,4-7H2,1H3. The molecule has 1 saturated heterocycles. The third-order valence-corrected chi connectivity index (χ3v) is 2.93. The van der Waals surface area contributed by atoms with Crippen LogP contribution in [0.1, 0.15) is 10.5 Å². The van der Waals surface area contributed by atoms with E-state index < -0.39 is 18.9 Å². The highest BCUT2D eigenvalue weighted by Crippen LogP contribution is 2.08. The van der Waals surface area contributed by atoms with Crippen LogP contribution in [0.2, 0.25) is 0 Å². The summed E-state index contributed by atoms with van der Waals surface area (Å²) >= 11 is 0. The SMILES string of the molecule is CN1CCN(C(=O)c2ccn(CC(F)F)n2)CC1=O. The van der Waals surface area contributed by atoms with Gasteiger partial charge in [-0.15, -0.1) is 0 Å². The lowest BCUT2D eigenvalue weighted by atomic mass is 10.3. The number of piperazine rings is 1. The molecule has 1 aromatic rings. The van der Waals surface area contributed by atoms with E-state index in [1.54, 1.807) is 11.9 Å². The summed E-state index contributed by atoms with van der Waals surface area (Å²) in [5.41, 5.74) is 0.0815. The molecule has 6 nitrogen and oxygen atoms in total. The second-order valence-corrected chi connectivity index (χ2v) is 4.36. The lowest BCUT2D eigenvalue weighted by molar-refractivity contribution is -0.133. The first-order valence-corrected chi connectivity index (χ1v) is 5.82. The van der Waals surface area contributed by atoms with Gasteiger partial charge in [0, 0.05) is 26.3 Å². The van der Waals surface area contributed by atoms with Gasteiger partial charge in [0.05, 0.1) is 0 Å². The molecule has 2 heterocycles. The van der Waals surface area contributed by atoms with Crippen LogP contribution in [-0.4, -0.2) is 64.5 Å². The van der Waals surface area contributed by atoms with Crippen LogP contribution in [-0.2, 0) is 11.3 Å². The number of halogens is 2. The molecule has 8 heteroatoms. The van der Waals surface area contributed by atoms with Gasteiger partial charge in [-0.25, -0.2) is 8.78 Å². The number of likely N-dealkylation sites (N-methyl/N-ethyl adjacent to an activating group) is 1. The molecule has 0 bridgehead atoms. The average molecular weight is 272 g/mol. The number of carbonyl (C=O) groups excluding carboxylic acids is 2. The number of hydrogen-bond acceptors (Lipinski definition) is 3. The normalized spacial score (nSPS) is 16.3. The molecule has 19 heavy (non-hydrogen) atoms. The van der Waals surface area contributed by atoms with Gasteiger partial charge in [0.1, 0.15) is 18.8 Å². The van der Waals surface area contributed by atoms with Crippen molar-refractivity contribution in [3.63, 3.8) is 0 Å². The van der Waals surface area contributed by atoms with Gasteiger partial charge in [-0.3, -0.25) is 14.3 Å². The molecule has 0 saturated carbocycles. The van der Waals surface area contributed by atoms with E-state index in [1.807, 2.05) is 0 Å². The van der Waals surface area contributed by atoms with E-state index in [-0.39, 0.29) is 18.1 Å². The molecule has 1 aliphatic rings. The second-order valence-electron chi connectivity index (χ2n) is 4.36. The van der Waals surface area contributed by atoms with E-state index in [4.69, 9.17) is 0 Å². The number of rotatable bonds is 3. The summed E-state index contributed by atoms with van der Waals surface area (Å²) in [7, 11) is 1.67. The number of hydrogen-bond donors (Lipinski definition) is 0. The van der Waals surface area contributed by atoms with Crippen molar-refractivity contribution in [3.05, 3.63) is 18.0 Å². The summed E-state index contributed by atoms with van der Waals surface area (Å²) < 4.78 is 25.4. The first kappa shape index (κ1) is 13.4. The topological polar surface area (TPSA) is 58.4 Å². The molecule has 0 atom stereocenters. The van der Waals surface area contributed by atoms with Crippen LogP contribution in [0.4, 0.5) is 8.78 Å². The minimum atomic E-state index is -2.52. The summed E-state index contributed by atoms with van der Waals surface area (Å²) in [5, 5.41) is 3.79. The number of aromatic nitrogens is 2. The van der Waals surface area contributed by atoms with Crippen molar-refractivity contribution in [3.8, 4) is 0 Å². The summed E-state index contributed by atoms with van der Waals surface area (Å²) in [5.74, 6) is -0.555. The number of amides is 2. The van der Waals surface area contributed by atoms with Gasteiger partial charge in [-0.2, -0.15) is 5.10 Å². The highest BCUT2D eigenvalue weighted by molar-refractivity contribution is 5.95. The molecule has 2 amide bonds. The molecule has 0 aliphatic carbocycles. The maximum absolute atomic E-state index is 12.2. The molecular weight excluding hydrogens is 258 g/mol. The largest absolute Gasteiger partial charge is 0.342 e. The minimum Gasteiger partial charge on any atom is -0.342 e. The van der Waals surface area contributed by atoms with E-state index in [9.17, 15) is 18.4 Å². The molecule has 104 valence electrons. The van der Waals surface area contributed by atoms with E-state index in [0.717, 1.165) is 4.68 Å². The molecule has 0 N–H and O–H groups in total. The van der Waals surface area contributed by atoms with Crippen molar-refractivity contribution in [2.45, 2.75) is 13.0 Å². The zero-order chi connectivity index (χ0) is 14.0. The Bertz CT molecular complexity index is 489. The van der Waals surface area contributed by atoms with Crippen LogP contribution in [0.3, 0.4) is 0 Å². The minimum absolute atomic E-state index is 0.00294. The van der Waals surface area contributed by atoms with Crippen molar-refractivity contribution in [1.82, 2.24) is 19.6 Å². The molecule has 0 unspecified atom stereocenters. The number of alkyl halides is 2. The number of carbonyl (C=O) groups is 2. The smallest absolute Gasteiger partial charge is 0.274 e. The summed E-state index contributed by atoms with van der Waals surface area (Å²) in [6.45, 7) is 0.330. The molecule has 1 aliphatic heterocycles. The fraction of sp³-hybridized carbons (Fsp3) is 0.545. The van der Waals surface area contributed by atoms with Crippen LogP contribution in [0, 0.1) is 0 Å². The van der Waals surface area contributed by atoms with Crippen LogP contribution >= 0.6 is 0 Å². The first-order chi connectivity index (χ1) is 8.97. The molecule has 2 rings (SSSR count). The van der Waals surface area contributed by atoms with E-state index in [0.29, 0.717) is 13.1 Å². The first-order valence-electron chi connectivity index (χ1n) is 5.82. The van der Waals surface area contributed by atoms with E-state index >= 15 is 0 Å². The van der Waals surface area contributed by atoms with E-state index in [2.05, 4.69) is 5.10 Å². The van der Waals surface area contributed by atoms with Gasteiger partial charge in [0.15, 0.2) is 0 Å². The van der Waals surface area contributed by atoms with Crippen molar-refractivity contribution in [2.24, 2.45) is 0 Å². The molecule has 1 aromatic heterocycles. The van der Waals surface area contributed by atoms with Gasteiger partial charge in [-0.05, 0) is 6.07 Å². The molecule has 1 fully saturated rings. The molecule has 0 aromatic carbocycles. The van der Waals surface area contributed by atoms with Gasteiger partial charge in [-0.1, -0.05) is 0 Å². The Morgan fingerprint density at radius 1 is 1.47 bits per heavy atom. The highest BCUT2D eigenvalue weighted by atomic mass is 19.3. The third kappa shape index (κ3) is 3.07. The zero-order valence-electron chi connectivity index (χ0n) is 10.4. The predicted molar refractivity (Wildman–Crippen MR) is 61.8 cm³/mol.